The first-order valence-electron chi connectivity index (χ1n) is 8.31. The number of tetrazole rings is 1. The van der Waals surface area contributed by atoms with Crippen molar-refractivity contribution < 1.29 is 9.13 Å². The molecule has 0 bridgehead atoms. The van der Waals surface area contributed by atoms with E-state index >= 15 is 0 Å². The summed E-state index contributed by atoms with van der Waals surface area (Å²) in [5.41, 5.74) is 1.23. The maximum absolute atomic E-state index is 13.4. The number of pyridine rings is 2. The molecule has 4 rings (SSSR count). The molecule has 4 aromatic rings. The lowest BCUT2D eigenvalue weighted by Crippen LogP contribution is -2.09. The summed E-state index contributed by atoms with van der Waals surface area (Å²) in [6.45, 7) is 0.282. The molecule has 11 heteroatoms. The molecule has 0 saturated heterocycles. The Bertz CT molecular complexity index is 1150. The molecule has 0 atom stereocenters. The average molecular weight is 432 g/mol. The van der Waals surface area contributed by atoms with Gasteiger partial charge < -0.3 is 10.1 Å². The fourth-order valence-electron chi connectivity index (χ4n) is 2.50. The number of benzene rings is 1. The topological polar surface area (TPSA) is 90.6 Å². The summed E-state index contributed by atoms with van der Waals surface area (Å²) in [5, 5.41) is 15.4. The molecule has 8 nitrogen and oxygen atoms in total. The van der Waals surface area contributed by atoms with Crippen molar-refractivity contribution >= 4 is 29.2 Å². The second-order valence-electron chi connectivity index (χ2n) is 5.75. The van der Waals surface area contributed by atoms with Crippen molar-refractivity contribution in [3.63, 3.8) is 0 Å². The first kappa shape index (κ1) is 19.0. The van der Waals surface area contributed by atoms with Crippen LogP contribution in [0.2, 0.25) is 10.0 Å². The minimum absolute atomic E-state index is 0.237. The van der Waals surface area contributed by atoms with Crippen molar-refractivity contribution in [3.8, 4) is 17.3 Å². The zero-order valence-corrected chi connectivity index (χ0v) is 16.1. The van der Waals surface area contributed by atoms with Gasteiger partial charge in [0.15, 0.2) is 5.75 Å². The van der Waals surface area contributed by atoms with Crippen molar-refractivity contribution in [2.75, 3.05) is 5.32 Å². The van der Waals surface area contributed by atoms with Crippen molar-refractivity contribution in [3.05, 3.63) is 76.4 Å². The molecule has 0 aliphatic rings. The van der Waals surface area contributed by atoms with Crippen molar-refractivity contribution in [1.29, 1.82) is 0 Å². The highest BCUT2D eigenvalue weighted by Gasteiger charge is 2.14. The van der Waals surface area contributed by atoms with E-state index in [-0.39, 0.29) is 12.3 Å². The van der Waals surface area contributed by atoms with Crippen LogP contribution in [0.25, 0.3) is 5.69 Å². The smallest absolute Gasteiger partial charge is 0.248 e. The quantitative estimate of drug-likeness (QED) is 0.486. The first-order chi connectivity index (χ1) is 14.1. The summed E-state index contributed by atoms with van der Waals surface area (Å²) in [4.78, 5) is 7.96. The Morgan fingerprint density at radius 1 is 1.14 bits per heavy atom. The van der Waals surface area contributed by atoms with Gasteiger partial charge >= 0.3 is 0 Å². The molecule has 0 radical (unpaired) electrons. The van der Waals surface area contributed by atoms with Crippen molar-refractivity contribution in [2.24, 2.45) is 0 Å². The van der Waals surface area contributed by atoms with Crippen molar-refractivity contribution in [2.45, 2.75) is 6.54 Å². The molecular formula is C18H12Cl2FN7O. The van der Waals surface area contributed by atoms with Gasteiger partial charge in [-0.15, -0.1) is 0 Å². The number of nitrogens with one attached hydrogen (secondary N) is 1. The van der Waals surface area contributed by atoms with Gasteiger partial charge in [-0.1, -0.05) is 40.4 Å². The van der Waals surface area contributed by atoms with Gasteiger partial charge in [-0.3, -0.25) is 4.98 Å². The Hall–Kier alpha value is -3.30. The largest absolute Gasteiger partial charge is 0.437 e. The third-order valence-electron chi connectivity index (χ3n) is 3.81. The Labute approximate surface area is 174 Å². The standard InChI is InChI=1S/C18H12Cl2FN7O/c19-14-4-1-5-15(16(14)20)28-18(25-26-27-28)24-8-11-3-2-6-23-17(11)29-13-7-12(21)9-22-10-13/h1-7,9-10H,8H2,(H,24,25,27). The van der Waals surface area contributed by atoms with Gasteiger partial charge in [0.1, 0.15) is 5.82 Å². The monoisotopic (exact) mass is 431 g/mol. The molecule has 1 N–H and O–H groups in total. The molecule has 0 fully saturated rings. The molecule has 0 spiro atoms. The number of ether oxygens (including phenoxy) is 1. The lowest BCUT2D eigenvalue weighted by atomic mass is 10.2. The van der Waals surface area contributed by atoms with Crippen LogP contribution in [0.4, 0.5) is 10.3 Å². The van der Waals surface area contributed by atoms with Gasteiger partial charge in [0.05, 0.1) is 28.1 Å². The van der Waals surface area contributed by atoms with Crippen LogP contribution in [0.3, 0.4) is 0 Å². The van der Waals surface area contributed by atoms with E-state index in [1.54, 1.807) is 30.5 Å². The number of hydrogen-bond acceptors (Lipinski definition) is 7. The fourth-order valence-corrected chi connectivity index (χ4v) is 2.88. The third kappa shape index (κ3) is 4.25. The van der Waals surface area contributed by atoms with E-state index in [2.05, 4.69) is 30.8 Å². The zero-order chi connectivity index (χ0) is 20.2. The number of anilines is 1. The van der Waals surface area contributed by atoms with E-state index in [9.17, 15) is 4.39 Å². The lowest BCUT2D eigenvalue weighted by Gasteiger charge is -2.12. The zero-order valence-electron chi connectivity index (χ0n) is 14.6. The van der Waals surface area contributed by atoms with E-state index in [1.165, 1.54) is 16.9 Å². The fraction of sp³-hybridized carbons (Fsp3) is 0.0556. The van der Waals surface area contributed by atoms with Crippen LogP contribution in [-0.4, -0.2) is 30.2 Å². The molecule has 0 aliphatic carbocycles. The molecule has 0 amide bonds. The van der Waals surface area contributed by atoms with Gasteiger partial charge in [0, 0.05) is 24.4 Å². The van der Waals surface area contributed by atoms with Gasteiger partial charge in [-0.2, -0.15) is 4.68 Å². The van der Waals surface area contributed by atoms with E-state index < -0.39 is 5.82 Å². The van der Waals surface area contributed by atoms with Crippen LogP contribution < -0.4 is 10.1 Å². The minimum atomic E-state index is -0.504. The number of nitrogens with zero attached hydrogens (tertiary/aromatic N) is 6. The van der Waals surface area contributed by atoms with Crippen LogP contribution in [0, 0.1) is 5.82 Å². The minimum Gasteiger partial charge on any atom is -0.437 e. The molecule has 29 heavy (non-hydrogen) atoms. The molecule has 1 aromatic carbocycles. The van der Waals surface area contributed by atoms with E-state index in [1.807, 2.05) is 6.07 Å². The normalized spacial score (nSPS) is 10.7. The highest BCUT2D eigenvalue weighted by molar-refractivity contribution is 6.43. The predicted molar refractivity (Wildman–Crippen MR) is 105 cm³/mol. The Balaban J connectivity index is 1.55. The van der Waals surface area contributed by atoms with Crippen molar-refractivity contribution in [1.82, 2.24) is 30.2 Å². The Morgan fingerprint density at radius 3 is 2.90 bits per heavy atom. The summed E-state index contributed by atoms with van der Waals surface area (Å²) in [5.74, 6) is 0.375. The number of halogens is 3. The highest BCUT2D eigenvalue weighted by Crippen LogP contribution is 2.29. The summed E-state index contributed by atoms with van der Waals surface area (Å²) in [6, 6.07) is 9.94. The molecule has 3 heterocycles. The molecule has 3 aromatic heterocycles. The summed E-state index contributed by atoms with van der Waals surface area (Å²) >= 11 is 12.3. The molecule has 0 aliphatic heterocycles. The number of rotatable bonds is 6. The SMILES string of the molecule is Fc1cncc(Oc2ncccc2CNc2nnnn2-c2cccc(Cl)c2Cl)c1. The summed E-state index contributed by atoms with van der Waals surface area (Å²) < 4.78 is 20.4. The molecule has 0 saturated carbocycles. The highest BCUT2D eigenvalue weighted by atomic mass is 35.5. The summed E-state index contributed by atoms with van der Waals surface area (Å²) in [6.07, 6.45) is 4.06. The van der Waals surface area contributed by atoms with Gasteiger partial charge in [-0.25, -0.2) is 9.37 Å². The third-order valence-corrected chi connectivity index (χ3v) is 4.62. The lowest BCUT2D eigenvalue weighted by molar-refractivity contribution is 0.449. The molecule has 0 unspecified atom stereocenters. The van der Waals surface area contributed by atoms with Crippen LogP contribution in [0.15, 0.2) is 55.0 Å². The maximum Gasteiger partial charge on any atom is 0.248 e. The Kier molecular flexibility index (Phi) is 5.50. The van der Waals surface area contributed by atoms with E-state index in [0.29, 0.717) is 33.1 Å². The van der Waals surface area contributed by atoms with Crippen LogP contribution >= 0.6 is 23.2 Å². The van der Waals surface area contributed by atoms with Crippen LogP contribution in [-0.2, 0) is 6.54 Å². The van der Waals surface area contributed by atoms with E-state index in [4.69, 9.17) is 27.9 Å². The van der Waals surface area contributed by atoms with Gasteiger partial charge in [0.2, 0.25) is 11.8 Å². The first-order valence-corrected chi connectivity index (χ1v) is 9.06. The predicted octanol–water partition coefficient (Wildman–Crippen LogP) is 4.30. The van der Waals surface area contributed by atoms with Gasteiger partial charge in [0.25, 0.3) is 0 Å². The Morgan fingerprint density at radius 2 is 2.03 bits per heavy atom. The van der Waals surface area contributed by atoms with Crippen LogP contribution in [0.1, 0.15) is 5.56 Å². The summed E-state index contributed by atoms with van der Waals surface area (Å²) in [7, 11) is 0. The van der Waals surface area contributed by atoms with Gasteiger partial charge in [-0.05, 0) is 28.6 Å². The average Bonchev–Trinajstić information content (AvgIpc) is 3.18. The maximum atomic E-state index is 13.4. The number of aromatic nitrogens is 6. The van der Waals surface area contributed by atoms with E-state index in [0.717, 1.165) is 6.20 Å². The molecular weight excluding hydrogens is 420 g/mol. The van der Waals surface area contributed by atoms with Crippen LogP contribution in [0.5, 0.6) is 11.6 Å². The second kappa shape index (κ2) is 8.38. The second-order valence-corrected chi connectivity index (χ2v) is 6.53. The molecule has 146 valence electrons. The number of hydrogen-bond donors (Lipinski definition) is 1.